The average Bonchev–Trinajstić information content (AvgIpc) is 2.95. The van der Waals surface area contributed by atoms with Gasteiger partial charge in [-0.15, -0.1) is 0 Å². The van der Waals surface area contributed by atoms with Crippen LogP contribution in [0.3, 0.4) is 0 Å². The van der Waals surface area contributed by atoms with E-state index in [9.17, 15) is 4.79 Å². The van der Waals surface area contributed by atoms with Gasteiger partial charge < -0.3 is 15.5 Å². The van der Waals surface area contributed by atoms with Gasteiger partial charge >= 0.3 is 6.03 Å². The molecule has 1 fully saturated rings. The number of carbonyl (C=O) groups is 1. The molecule has 3 rings (SSSR count). The van der Waals surface area contributed by atoms with Crippen molar-refractivity contribution in [3.05, 3.63) is 35.8 Å². The van der Waals surface area contributed by atoms with Gasteiger partial charge in [0, 0.05) is 31.4 Å². The predicted molar refractivity (Wildman–Crippen MR) is 98.8 cm³/mol. The zero-order chi connectivity index (χ0) is 17.8. The summed E-state index contributed by atoms with van der Waals surface area (Å²) in [6.45, 7) is 6.05. The lowest BCUT2D eigenvalue weighted by molar-refractivity contribution is 0.249. The summed E-state index contributed by atoms with van der Waals surface area (Å²) in [6, 6.07) is 3.50. The largest absolute Gasteiger partial charge is 0.357 e. The maximum Gasteiger partial charge on any atom is 0.319 e. The van der Waals surface area contributed by atoms with Crippen LogP contribution in [-0.2, 0) is 7.05 Å². The number of pyridine rings is 1. The summed E-state index contributed by atoms with van der Waals surface area (Å²) in [4.78, 5) is 19.0. The Morgan fingerprint density at radius 3 is 2.56 bits per heavy atom. The second-order valence-corrected chi connectivity index (χ2v) is 6.58. The lowest BCUT2D eigenvalue weighted by Gasteiger charge is -2.27. The molecule has 3 heterocycles. The van der Waals surface area contributed by atoms with Crippen molar-refractivity contribution in [2.24, 2.45) is 7.05 Å². The van der Waals surface area contributed by atoms with E-state index in [-0.39, 0.29) is 12.1 Å². The van der Waals surface area contributed by atoms with Crippen molar-refractivity contribution >= 4 is 17.5 Å². The summed E-state index contributed by atoms with van der Waals surface area (Å²) >= 11 is 0. The molecule has 0 aromatic carbocycles. The van der Waals surface area contributed by atoms with Gasteiger partial charge in [0.15, 0.2) is 0 Å². The average molecular weight is 342 g/mol. The van der Waals surface area contributed by atoms with Gasteiger partial charge in [0.1, 0.15) is 5.82 Å². The van der Waals surface area contributed by atoms with Crippen LogP contribution in [0.4, 0.5) is 16.3 Å². The second-order valence-electron chi connectivity index (χ2n) is 6.58. The minimum absolute atomic E-state index is 0.116. The first-order valence-corrected chi connectivity index (χ1v) is 8.81. The Labute approximate surface area is 148 Å². The number of amides is 2. The number of aryl methyl sites for hydroxylation is 1. The Kier molecular flexibility index (Phi) is 5.21. The third-order valence-electron chi connectivity index (χ3n) is 4.77. The Morgan fingerprint density at radius 1 is 1.20 bits per heavy atom. The van der Waals surface area contributed by atoms with Gasteiger partial charge in [-0.3, -0.25) is 4.68 Å². The molecule has 0 saturated carbocycles. The normalized spacial score (nSPS) is 15.7. The van der Waals surface area contributed by atoms with E-state index in [1.165, 1.54) is 19.3 Å². The third-order valence-corrected chi connectivity index (χ3v) is 4.77. The van der Waals surface area contributed by atoms with E-state index >= 15 is 0 Å². The van der Waals surface area contributed by atoms with Crippen molar-refractivity contribution in [2.45, 2.75) is 39.2 Å². The molecule has 2 aromatic rings. The van der Waals surface area contributed by atoms with Crippen LogP contribution in [0.1, 0.15) is 43.5 Å². The van der Waals surface area contributed by atoms with Gasteiger partial charge in [0.25, 0.3) is 0 Å². The number of nitrogens with one attached hydrogen (secondary N) is 2. The Bertz CT molecular complexity index is 718. The molecule has 0 radical (unpaired) electrons. The van der Waals surface area contributed by atoms with Crippen LogP contribution in [0, 0.1) is 6.92 Å². The predicted octanol–water partition coefficient (Wildman–Crippen LogP) is 3.00. The van der Waals surface area contributed by atoms with Crippen molar-refractivity contribution < 1.29 is 4.79 Å². The third kappa shape index (κ3) is 4.10. The zero-order valence-corrected chi connectivity index (χ0v) is 15.1. The second kappa shape index (κ2) is 7.55. The van der Waals surface area contributed by atoms with Crippen molar-refractivity contribution in [2.75, 3.05) is 23.3 Å². The van der Waals surface area contributed by atoms with Gasteiger partial charge in [-0.25, -0.2) is 9.78 Å². The number of carbonyl (C=O) groups excluding carboxylic acids is 1. The van der Waals surface area contributed by atoms with Crippen LogP contribution >= 0.6 is 0 Å². The topological polar surface area (TPSA) is 75.1 Å². The van der Waals surface area contributed by atoms with Crippen LogP contribution in [0.2, 0.25) is 0 Å². The van der Waals surface area contributed by atoms with E-state index in [1.54, 1.807) is 17.1 Å². The highest BCUT2D eigenvalue weighted by Gasteiger charge is 2.15. The van der Waals surface area contributed by atoms with Crippen LogP contribution in [0.15, 0.2) is 24.5 Å². The maximum absolute atomic E-state index is 12.2. The standard InChI is InChI=1S/C18H26N6O/c1-13(16-12-20-23(3)14(16)2)21-18(25)22-15-7-8-17(19-11-15)24-9-5-4-6-10-24/h7-8,11-13H,4-6,9-10H2,1-3H3,(H2,21,22,25)/t13-/m0/s1. The quantitative estimate of drug-likeness (QED) is 0.896. The number of rotatable bonds is 4. The molecule has 0 bridgehead atoms. The fourth-order valence-electron chi connectivity index (χ4n) is 3.15. The molecule has 7 heteroatoms. The van der Waals surface area contributed by atoms with Gasteiger partial charge in [-0.05, 0) is 45.2 Å². The number of hydrogen-bond donors (Lipinski definition) is 2. The fraction of sp³-hybridized carbons (Fsp3) is 0.500. The van der Waals surface area contributed by atoms with Crippen molar-refractivity contribution in [1.82, 2.24) is 20.1 Å². The fourth-order valence-corrected chi connectivity index (χ4v) is 3.15. The molecule has 1 atom stereocenters. The molecule has 1 aliphatic heterocycles. The Hall–Kier alpha value is -2.57. The Morgan fingerprint density at radius 2 is 1.96 bits per heavy atom. The molecule has 2 amide bonds. The lowest BCUT2D eigenvalue weighted by atomic mass is 10.1. The monoisotopic (exact) mass is 342 g/mol. The van der Waals surface area contributed by atoms with Crippen molar-refractivity contribution in [3.8, 4) is 0 Å². The first kappa shape index (κ1) is 17.3. The number of anilines is 2. The highest BCUT2D eigenvalue weighted by Crippen LogP contribution is 2.19. The molecule has 2 aromatic heterocycles. The molecule has 1 aliphatic rings. The van der Waals surface area contributed by atoms with Crippen LogP contribution in [0.5, 0.6) is 0 Å². The van der Waals surface area contributed by atoms with Gasteiger partial charge in [0.2, 0.25) is 0 Å². The van der Waals surface area contributed by atoms with E-state index in [0.29, 0.717) is 5.69 Å². The van der Waals surface area contributed by atoms with Gasteiger partial charge in [-0.1, -0.05) is 0 Å². The summed E-state index contributed by atoms with van der Waals surface area (Å²) < 4.78 is 1.80. The SMILES string of the molecule is Cc1c([C@H](C)NC(=O)Nc2ccc(N3CCCCC3)nc2)cnn1C. The molecule has 2 N–H and O–H groups in total. The molecule has 134 valence electrons. The van der Waals surface area contributed by atoms with Crippen LogP contribution in [0.25, 0.3) is 0 Å². The van der Waals surface area contributed by atoms with Crippen molar-refractivity contribution in [3.63, 3.8) is 0 Å². The van der Waals surface area contributed by atoms with Gasteiger partial charge in [0.05, 0.1) is 24.1 Å². The molecule has 25 heavy (non-hydrogen) atoms. The first-order chi connectivity index (χ1) is 12.0. The van der Waals surface area contributed by atoms with E-state index < -0.39 is 0 Å². The van der Waals surface area contributed by atoms with E-state index in [1.807, 2.05) is 33.0 Å². The summed E-state index contributed by atoms with van der Waals surface area (Å²) in [5.41, 5.74) is 2.74. The molecule has 1 saturated heterocycles. The smallest absolute Gasteiger partial charge is 0.319 e. The van der Waals surface area contributed by atoms with E-state index in [2.05, 4.69) is 25.6 Å². The summed E-state index contributed by atoms with van der Waals surface area (Å²) in [5, 5.41) is 9.99. The van der Waals surface area contributed by atoms with E-state index in [4.69, 9.17) is 0 Å². The molecule has 0 aliphatic carbocycles. The van der Waals surface area contributed by atoms with E-state index in [0.717, 1.165) is 30.2 Å². The minimum Gasteiger partial charge on any atom is -0.357 e. The number of aromatic nitrogens is 3. The molecule has 0 unspecified atom stereocenters. The molecular formula is C18H26N6O. The summed E-state index contributed by atoms with van der Waals surface area (Å²) in [6.07, 6.45) is 7.23. The Balaban J connectivity index is 1.56. The molecular weight excluding hydrogens is 316 g/mol. The number of urea groups is 1. The molecule has 0 spiro atoms. The maximum atomic E-state index is 12.2. The number of hydrogen-bond acceptors (Lipinski definition) is 4. The summed E-state index contributed by atoms with van der Waals surface area (Å²) in [7, 11) is 1.89. The highest BCUT2D eigenvalue weighted by molar-refractivity contribution is 5.89. The molecule has 7 nitrogen and oxygen atoms in total. The summed E-state index contributed by atoms with van der Waals surface area (Å²) in [5.74, 6) is 0.977. The van der Waals surface area contributed by atoms with Crippen LogP contribution < -0.4 is 15.5 Å². The van der Waals surface area contributed by atoms with Crippen molar-refractivity contribution in [1.29, 1.82) is 0 Å². The lowest BCUT2D eigenvalue weighted by Crippen LogP contribution is -2.32. The minimum atomic E-state index is -0.247. The van der Waals surface area contributed by atoms with Crippen LogP contribution in [-0.4, -0.2) is 33.9 Å². The number of piperidine rings is 1. The highest BCUT2D eigenvalue weighted by atomic mass is 16.2. The number of nitrogens with zero attached hydrogens (tertiary/aromatic N) is 4. The zero-order valence-electron chi connectivity index (χ0n) is 15.1. The van der Waals surface area contributed by atoms with Gasteiger partial charge in [-0.2, -0.15) is 5.10 Å². The first-order valence-electron chi connectivity index (χ1n) is 8.81.